The van der Waals surface area contributed by atoms with Crippen molar-refractivity contribution in [1.82, 2.24) is 0 Å². The molecule has 1 atom stereocenters. The van der Waals surface area contributed by atoms with Gasteiger partial charge in [0.05, 0.1) is 13.2 Å². The fourth-order valence-corrected chi connectivity index (χ4v) is 2.88. The van der Waals surface area contributed by atoms with E-state index >= 15 is 0 Å². The van der Waals surface area contributed by atoms with Crippen LogP contribution in [0.5, 0.6) is 11.5 Å². The zero-order valence-corrected chi connectivity index (χ0v) is 13.2. The van der Waals surface area contributed by atoms with Crippen molar-refractivity contribution in [3.63, 3.8) is 0 Å². The molecule has 2 aromatic rings. The smallest absolute Gasteiger partial charge is 0.162 e. The lowest BCUT2D eigenvalue weighted by atomic mass is 10.1. The summed E-state index contributed by atoms with van der Waals surface area (Å²) in [5.74, 6) is 2.93. The number of hydrogen-bond donors (Lipinski definition) is 0. The monoisotopic (exact) mass is 326 g/mol. The Kier molecular flexibility index (Phi) is 4.32. The Morgan fingerprint density at radius 1 is 1.14 bits per heavy atom. The van der Waals surface area contributed by atoms with Gasteiger partial charge in [0.2, 0.25) is 0 Å². The van der Waals surface area contributed by atoms with Gasteiger partial charge in [-0.25, -0.2) is 0 Å². The fraction of sp³-hybridized carbons (Fsp3) is 0.375. The van der Waals surface area contributed by atoms with Crippen LogP contribution in [0.4, 0.5) is 0 Å². The molecule has 1 aromatic heterocycles. The maximum absolute atomic E-state index is 6.52. The van der Waals surface area contributed by atoms with Crippen molar-refractivity contribution in [2.24, 2.45) is 0 Å². The fourth-order valence-electron chi connectivity index (χ4n) is 2.27. The zero-order chi connectivity index (χ0) is 14.8. The second-order valence-corrected chi connectivity index (χ2v) is 5.73. The van der Waals surface area contributed by atoms with Gasteiger partial charge in [-0.2, -0.15) is 0 Å². The van der Waals surface area contributed by atoms with Gasteiger partial charge in [0.1, 0.15) is 16.9 Å². The SMILES string of the molecule is CCc1ccc(C(Cl)c2cc3c(cc2Cl)OCCCO3)o1. The molecular formula is C16H16Cl2O3. The first kappa shape index (κ1) is 14.6. The molecule has 112 valence electrons. The molecule has 3 nitrogen and oxygen atoms in total. The Bertz CT molecular complexity index is 636. The lowest BCUT2D eigenvalue weighted by Gasteiger charge is -2.14. The summed E-state index contributed by atoms with van der Waals surface area (Å²) in [6.07, 6.45) is 1.68. The topological polar surface area (TPSA) is 31.6 Å². The van der Waals surface area contributed by atoms with Crippen molar-refractivity contribution >= 4 is 23.2 Å². The van der Waals surface area contributed by atoms with Crippen LogP contribution in [0.15, 0.2) is 28.7 Å². The Morgan fingerprint density at radius 3 is 2.52 bits per heavy atom. The van der Waals surface area contributed by atoms with E-state index in [1.54, 1.807) is 6.07 Å². The minimum absolute atomic E-state index is 0.449. The van der Waals surface area contributed by atoms with E-state index in [9.17, 15) is 0 Å². The Hall–Kier alpha value is -1.32. The van der Waals surface area contributed by atoms with Gasteiger partial charge in [0, 0.05) is 29.5 Å². The molecule has 21 heavy (non-hydrogen) atoms. The van der Waals surface area contributed by atoms with Gasteiger partial charge in [-0.05, 0) is 18.2 Å². The zero-order valence-electron chi connectivity index (χ0n) is 11.7. The van der Waals surface area contributed by atoms with Crippen molar-refractivity contribution in [2.75, 3.05) is 13.2 Å². The van der Waals surface area contributed by atoms with Gasteiger partial charge >= 0.3 is 0 Å². The van der Waals surface area contributed by atoms with Crippen molar-refractivity contribution in [2.45, 2.75) is 25.1 Å². The van der Waals surface area contributed by atoms with E-state index in [0.717, 1.165) is 24.2 Å². The molecule has 1 unspecified atom stereocenters. The van der Waals surface area contributed by atoms with Gasteiger partial charge in [-0.3, -0.25) is 0 Å². The molecule has 1 aliphatic rings. The number of ether oxygens (including phenoxy) is 2. The maximum Gasteiger partial charge on any atom is 0.162 e. The van der Waals surface area contributed by atoms with E-state index in [-0.39, 0.29) is 0 Å². The average molecular weight is 327 g/mol. The Labute approximate surface area is 133 Å². The van der Waals surface area contributed by atoms with E-state index < -0.39 is 5.38 Å². The lowest BCUT2D eigenvalue weighted by Crippen LogP contribution is -1.97. The number of halogens is 2. The van der Waals surface area contributed by atoms with Crippen LogP contribution in [-0.4, -0.2) is 13.2 Å². The van der Waals surface area contributed by atoms with Gasteiger partial charge in [-0.1, -0.05) is 18.5 Å². The van der Waals surface area contributed by atoms with E-state index in [1.165, 1.54) is 0 Å². The molecular weight excluding hydrogens is 311 g/mol. The molecule has 2 heterocycles. The highest BCUT2D eigenvalue weighted by atomic mass is 35.5. The predicted octanol–water partition coefficient (Wildman–Crippen LogP) is 4.98. The van der Waals surface area contributed by atoms with Crippen LogP contribution < -0.4 is 9.47 Å². The molecule has 0 radical (unpaired) electrons. The summed E-state index contributed by atoms with van der Waals surface area (Å²) in [6.45, 7) is 3.29. The predicted molar refractivity (Wildman–Crippen MR) is 82.8 cm³/mol. The summed E-state index contributed by atoms with van der Waals surface area (Å²) in [4.78, 5) is 0. The van der Waals surface area contributed by atoms with Crippen LogP contribution in [-0.2, 0) is 6.42 Å². The summed E-state index contributed by atoms with van der Waals surface area (Å²) in [5, 5.41) is 0.101. The summed E-state index contributed by atoms with van der Waals surface area (Å²) in [6, 6.07) is 7.42. The maximum atomic E-state index is 6.52. The summed E-state index contributed by atoms with van der Waals surface area (Å²) >= 11 is 12.9. The van der Waals surface area contributed by atoms with Crippen molar-refractivity contribution in [3.05, 3.63) is 46.4 Å². The molecule has 0 saturated heterocycles. The first-order valence-corrected chi connectivity index (χ1v) is 7.82. The first-order chi connectivity index (χ1) is 10.2. The quantitative estimate of drug-likeness (QED) is 0.745. The van der Waals surface area contributed by atoms with E-state index in [1.807, 2.05) is 25.1 Å². The third-order valence-corrected chi connectivity index (χ3v) is 4.20. The molecule has 1 aromatic carbocycles. The van der Waals surface area contributed by atoms with E-state index in [4.69, 9.17) is 37.1 Å². The van der Waals surface area contributed by atoms with Crippen LogP contribution in [0.3, 0.4) is 0 Å². The number of rotatable bonds is 3. The van der Waals surface area contributed by atoms with E-state index in [0.29, 0.717) is 35.5 Å². The first-order valence-electron chi connectivity index (χ1n) is 7.00. The summed E-state index contributed by atoms with van der Waals surface area (Å²) in [5.41, 5.74) is 0.764. The Morgan fingerprint density at radius 2 is 1.86 bits per heavy atom. The molecule has 0 N–H and O–H groups in total. The second-order valence-electron chi connectivity index (χ2n) is 4.89. The van der Waals surface area contributed by atoms with Gasteiger partial charge < -0.3 is 13.9 Å². The van der Waals surface area contributed by atoms with Crippen LogP contribution in [0.1, 0.15) is 35.8 Å². The highest BCUT2D eigenvalue weighted by Gasteiger charge is 2.22. The second kappa shape index (κ2) is 6.20. The van der Waals surface area contributed by atoms with Crippen LogP contribution >= 0.6 is 23.2 Å². The summed E-state index contributed by atoms with van der Waals surface area (Å²) in [7, 11) is 0. The number of furan rings is 1. The summed E-state index contributed by atoms with van der Waals surface area (Å²) < 4.78 is 17.0. The number of benzene rings is 1. The minimum atomic E-state index is -0.449. The normalized spacial score (nSPS) is 15.6. The highest BCUT2D eigenvalue weighted by Crippen LogP contribution is 2.41. The van der Waals surface area contributed by atoms with Crippen molar-refractivity contribution in [3.8, 4) is 11.5 Å². The van der Waals surface area contributed by atoms with Crippen LogP contribution in [0, 0.1) is 0 Å². The highest BCUT2D eigenvalue weighted by molar-refractivity contribution is 6.33. The largest absolute Gasteiger partial charge is 0.490 e. The van der Waals surface area contributed by atoms with Gasteiger partial charge in [-0.15, -0.1) is 11.6 Å². The molecule has 0 spiro atoms. The third kappa shape index (κ3) is 2.99. The number of aryl methyl sites for hydroxylation is 1. The van der Waals surface area contributed by atoms with Gasteiger partial charge in [0.15, 0.2) is 11.5 Å². The standard InChI is InChI=1S/C16H16Cl2O3/c1-2-10-4-5-13(21-10)16(18)11-8-14-15(9-12(11)17)20-7-3-6-19-14/h4-5,8-9,16H,2-3,6-7H2,1H3. The molecule has 0 aliphatic carbocycles. The van der Waals surface area contributed by atoms with Crippen molar-refractivity contribution < 1.29 is 13.9 Å². The van der Waals surface area contributed by atoms with Crippen LogP contribution in [0.25, 0.3) is 0 Å². The third-order valence-electron chi connectivity index (χ3n) is 3.42. The molecule has 3 rings (SSSR count). The van der Waals surface area contributed by atoms with E-state index in [2.05, 4.69) is 0 Å². The minimum Gasteiger partial charge on any atom is -0.490 e. The molecule has 0 bridgehead atoms. The molecule has 5 heteroatoms. The number of hydrogen-bond acceptors (Lipinski definition) is 3. The van der Waals surface area contributed by atoms with Crippen LogP contribution in [0.2, 0.25) is 5.02 Å². The average Bonchev–Trinajstić information content (AvgIpc) is 2.86. The van der Waals surface area contributed by atoms with Gasteiger partial charge in [0.25, 0.3) is 0 Å². The van der Waals surface area contributed by atoms with Crippen molar-refractivity contribution in [1.29, 1.82) is 0 Å². The molecule has 0 saturated carbocycles. The molecule has 0 fully saturated rings. The lowest BCUT2D eigenvalue weighted by molar-refractivity contribution is 0.297. The molecule has 0 amide bonds. The molecule has 1 aliphatic heterocycles. The number of alkyl halides is 1. The number of fused-ring (bicyclic) bond motifs is 1. The Balaban J connectivity index is 1.95.